The van der Waals surface area contributed by atoms with Gasteiger partial charge in [-0.15, -0.1) is 11.6 Å². The lowest BCUT2D eigenvalue weighted by atomic mass is 10.2. The first kappa shape index (κ1) is 13.7. The zero-order chi connectivity index (χ0) is 13.9. The fourth-order valence-corrected chi connectivity index (χ4v) is 2.98. The van der Waals surface area contributed by atoms with Gasteiger partial charge in [0.15, 0.2) is 0 Å². The Kier molecular flexibility index (Phi) is 4.10. The van der Waals surface area contributed by atoms with Crippen molar-refractivity contribution < 1.29 is 0 Å². The topological polar surface area (TPSA) is 35.6 Å². The summed E-state index contributed by atoms with van der Waals surface area (Å²) in [5.41, 5.74) is 2.15. The van der Waals surface area contributed by atoms with Crippen LogP contribution in [0.1, 0.15) is 61.7 Å². The van der Waals surface area contributed by atoms with Crippen molar-refractivity contribution in [1.29, 1.82) is 0 Å². The van der Waals surface area contributed by atoms with Gasteiger partial charge >= 0.3 is 0 Å². The molecule has 2 aromatic heterocycles. The highest BCUT2D eigenvalue weighted by Gasteiger charge is 2.17. The third-order valence-electron chi connectivity index (χ3n) is 4.06. The summed E-state index contributed by atoms with van der Waals surface area (Å²) in [5, 5.41) is 9.11. The molecule has 5 heteroatoms. The highest BCUT2D eigenvalue weighted by atomic mass is 35.5. The second-order valence-corrected chi connectivity index (χ2v) is 6.10. The minimum absolute atomic E-state index is 0.0554. The molecule has 1 atom stereocenters. The molecule has 2 aromatic rings. The van der Waals surface area contributed by atoms with Crippen molar-refractivity contribution in [2.24, 2.45) is 0 Å². The summed E-state index contributed by atoms with van der Waals surface area (Å²) in [4.78, 5) is 0. The quantitative estimate of drug-likeness (QED) is 0.783. The van der Waals surface area contributed by atoms with Crippen molar-refractivity contribution >= 4 is 11.6 Å². The van der Waals surface area contributed by atoms with Gasteiger partial charge in [-0.2, -0.15) is 10.2 Å². The average molecular weight is 293 g/mol. The second-order valence-electron chi connectivity index (χ2n) is 5.57. The predicted molar refractivity (Wildman–Crippen MR) is 79.9 cm³/mol. The van der Waals surface area contributed by atoms with Crippen LogP contribution in [0.5, 0.6) is 0 Å². The fraction of sp³-hybridized carbons (Fsp3) is 0.600. The van der Waals surface area contributed by atoms with E-state index in [0.29, 0.717) is 12.6 Å². The molecule has 0 aromatic carbocycles. The van der Waals surface area contributed by atoms with E-state index in [-0.39, 0.29) is 5.38 Å². The van der Waals surface area contributed by atoms with E-state index in [1.165, 1.54) is 25.7 Å². The van der Waals surface area contributed by atoms with Gasteiger partial charge in [0.05, 0.1) is 29.9 Å². The Labute approximate surface area is 124 Å². The minimum Gasteiger partial charge on any atom is -0.269 e. The number of hydrogen-bond acceptors (Lipinski definition) is 2. The Morgan fingerprint density at radius 1 is 1.40 bits per heavy atom. The maximum absolute atomic E-state index is 6.22. The number of hydrogen-bond donors (Lipinski definition) is 0. The number of rotatable bonds is 5. The molecule has 0 aliphatic heterocycles. The molecule has 3 rings (SSSR count). The van der Waals surface area contributed by atoms with E-state index >= 15 is 0 Å². The third kappa shape index (κ3) is 2.90. The van der Waals surface area contributed by atoms with E-state index < -0.39 is 0 Å². The van der Waals surface area contributed by atoms with E-state index in [2.05, 4.69) is 34.1 Å². The molecule has 4 nitrogen and oxygen atoms in total. The van der Waals surface area contributed by atoms with Crippen molar-refractivity contribution in [1.82, 2.24) is 19.6 Å². The predicted octanol–water partition coefficient (Wildman–Crippen LogP) is 3.93. The molecule has 0 bridgehead atoms. The molecule has 20 heavy (non-hydrogen) atoms. The summed E-state index contributed by atoms with van der Waals surface area (Å²) in [6.07, 6.45) is 12.1. The molecule has 1 unspecified atom stereocenters. The Bertz CT molecular complexity index is 554. The monoisotopic (exact) mass is 292 g/mol. The lowest BCUT2D eigenvalue weighted by Gasteiger charge is -2.08. The van der Waals surface area contributed by atoms with Gasteiger partial charge in [-0.25, -0.2) is 0 Å². The van der Waals surface area contributed by atoms with Crippen molar-refractivity contribution in [3.05, 3.63) is 35.9 Å². The summed E-state index contributed by atoms with van der Waals surface area (Å²) >= 11 is 6.22. The molecule has 0 spiro atoms. The first-order chi connectivity index (χ1) is 9.76. The van der Waals surface area contributed by atoms with Gasteiger partial charge in [0.1, 0.15) is 0 Å². The Morgan fingerprint density at radius 3 is 2.95 bits per heavy atom. The van der Waals surface area contributed by atoms with Crippen LogP contribution in [0.4, 0.5) is 0 Å². The fourth-order valence-electron chi connectivity index (χ4n) is 2.86. The highest BCUT2D eigenvalue weighted by Crippen LogP contribution is 2.28. The van der Waals surface area contributed by atoms with Gasteiger partial charge in [0, 0.05) is 18.0 Å². The molecule has 2 heterocycles. The number of halogens is 1. The SMILES string of the molecule is CCC(Cl)c1cnn(Cc2ccn(C3CCCC3)n2)c1. The van der Waals surface area contributed by atoms with E-state index in [9.17, 15) is 0 Å². The number of nitrogens with zero attached hydrogens (tertiary/aromatic N) is 4. The Hall–Kier alpha value is -1.29. The average Bonchev–Trinajstić information content (AvgIpc) is 3.19. The van der Waals surface area contributed by atoms with Crippen LogP contribution in [-0.2, 0) is 6.54 Å². The van der Waals surface area contributed by atoms with E-state index in [0.717, 1.165) is 17.7 Å². The second kappa shape index (κ2) is 6.00. The van der Waals surface area contributed by atoms with Crippen LogP contribution < -0.4 is 0 Å². The first-order valence-corrected chi connectivity index (χ1v) is 7.90. The molecule has 0 amide bonds. The zero-order valence-electron chi connectivity index (χ0n) is 11.9. The Morgan fingerprint density at radius 2 is 2.20 bits per heavy atom. The lowest BCUT2D eigenvalue weighted by Crippen LogP contribution is -2.07. The van der Waals surface area contributed by atoms with Crippen LogP contribution in [0.25, 0.3) is 0 Å². The third-order valence-corrected chi connectivity index (χ3v) is 4.62. The molecule has 1 aliphatic rings. The molecule has 1 aliphatic carbocycles. The van der Waals surface area contributed by atoms with Crippen LogP contribution in [0.3, 0.4) is 0 Å². The summed E-state index contributed by atoms with van der Waals surface area (Å²) in [5.74, 6) is 0. The summed E-state index contributed by atoms with van der Waals surface area (Å²) in [7, 11) is 0. The van der Waals surface area contributed by atoms with Gasteiger partial charge in [0.2, 0.25) is 0 Å². The van der Waals surface area contributed by atoms with Crippen molar-refractivity contribution in [3.63, 3.8) is 0 Å². The maximum atomic E-state index is 6.22. The van der Waals surface area contributed by atoms with E-state index in [1.54, 1.807) is 0 Å². The standard InChI is InChI=1S/C15H21ClN4/c1-2-15(16)12-9-17-19(10-12)11-13-7-8-20(18-13)14-5-3-4-6-14/h7-10,14-15H,2-6,11H2,1H3. The van der Waals surface area contributed by atoms with E-state index in [4.69, 9.17) is 11.6 Å². The molecule has 0 N–H and O–H groups in total. The van der Waals surface area contributed by atoms with Crippen molar-refractivity contribution in [2.75, 3.05) is 0 Å². The van der Waals surface area contributed by atoms with E-state index in [1.807, 2.05) is 17.1 Å². The molecular weight excluding hydrogens is 272 g/mol. The molecule has 1 saturated carbocycles. The van der Waals surface area contributed by atoms with Gasteiger partial charge in [-0.05, 0) is 25.3 Å². The molecule has 108 valence electrons. The number of aromatic nitrogens is 4. The van der Waals surface area contributed by atoms with Gasteiger partial charge in [-0.1, -0.05) is 19.8 Å². The van der Waals surface area contributed by atoms with Crippen LogP contribution >= 0.6 is 11.6 Å². The maximum Gasteiger partial charge on any atom is 0.0849 e. The van der Waals surface area contributed by atoms with Crippen molar-refractivity contribution in [3.8, 4) is 0 Å². The van der Waals surface area contributed by atoms with Gasteiger partial charge in [0.25, 0.3) is 0 Å². The van der Waals surface area contributed by atoms with Crippen LogP contribution in [-0.4, -0.2) is 19.6 Å². The molecule has 0 radical (unpaired) electrons. The summed E-state index contributed by atoms with van der Waals surface area (Å²) in [6, 6.07) is 2.70. The zero-order valence-corrected chi connectivity index (χ0v) is 12.6. The molecular formula is C15H21ClN4. The minimum atomic E-state index is 0.0554. The highest BCUT2D eigenvalue weighted by molar-refractivity contribution is 6.20. The van der Waals surface area contributed by atoms with Crippen LogP contribution in [0, 0.1) is 0 Å². The number of alkyl halides is 1. The summed E-state index contributed by atoms with van der Waals surface area (Å²) < 4.78 is 4.05. The van der Waals surface area contributed by atoms with Crippen molar-refractivity contribution in [2.45, 2.75) is 57.0 Å². The van der Waals surface area contributed by atoms with Crippen LogP contribution in [0.15, 0.2) is 24.7 Å². The Balaban J connectivity index is 1.66. The normalized spacial score (nSPS) is 17.7. The largest absolute Gasteiger partial charge is 0.269 e. The first-order valence-electron chi connectivity index (χ1n) is 7.46. The van der Waals surface area contributed by atoms with Gasteiger partial charge in [-0.3, -0.25) is 9.36 Å². The molecule has 0 saturated heterocycles. The van der Waals surface area contributed by atoms with Gasteiger partial charge < -0.3 is 0 Å². The van der Waals surface area contributed by atoms with Crippen LogP contribution in [0.2, 0.25) is 0 Å². The summed E-state index contributed by atoms with van der Waals surface area (Å²) in [6.45, 7) is 2.80. The molecule has 1 fully saturated rings. The smallest absolute Gasteiger partial charge is 0.0849 e. The lowest BCUT2D eigenvalue weighted by molar-refractivity contribution is 0.460.